The molecule has 1 heterocycles. The van der Waals surface area contributed by atoms with Gasteiger partial charge in [-0.05, 0) is 55.0 Å². The van der Waals surface area contributed by atoms with Gasteiger partial charge in [0.2, 0.25) is 0 Å². The van der Waals surface area contributed by atoms with Crippen LogP contribution in [-0.4, -0.2) is 16.8 Å². The van der Waals surface area contributed by atoms with Crippen LogP contribution in [-0.2, 0) is 6.42 Å². The Hall–Kier alpha value is -3.93. The van der Waals surface area contributed by atoms with Crippen molar-refractivity contribution in [3.63, 3.8) is 0 Å². The maximum atomic E-state index is 12.8. The standard InChI is InChI=1S/C24H21N3O3/c1-3-22-26-20-14-18(11-12-21(20)30-22)25-24(29)17-10-9-15(2)19(13-17)27-23(28)16-7-5-4-6-8-16/h4-14H,3H2,1-2H3,(H,25,29)(H,27,28). The van der Waals surface area contributed by atoms with Crippen molar-refractivity contribution in [1.82, 2.24) is 4.98 Å². The molecule has 30 heavy (non-hydrogen) atoms. The van der Waals surface area contributed by atoms with E-state index >= 15 is 0 Å². The summed E-state index contributed by atoms with van der Waals surface area (Å²) in [6, 6.07) is 19.5. The van der Waals surface area contributed by atoms with E-state index in [0.29, 0.717) is 45.9 Å². The summed E-state index contributed by atoms with van der Waals surface area (Å²) < 4.78 is 5.60. The number of hydrogen-bond acceptors (Lipinski definition) is 4. The lowest BCUT2D eigenvalue weighted by Crippen LogP contribution is -2.15. The summed E-state index contributed by atoms with van der Waals surface area (Å²) in [5.74, 6) is 0.161. The molecule has 6 nitrogen and oxygen atoms in total. The molecule has 0 saturated carbocycles. The van der Waals surface area contributed by atoms with Crippen LogP contribution in [0.25, 0.3) is 11.1 Å². The summed E-state index contributed by atoms with van der Waals surface area (Å²) in [7, 11) is 0. The van der Waals surface area contributed by atoms with Crippen LogP contribution in [0.3, 0.4) is 0 Å². The molecule has 0 spiro atoms. The minimum atomic E-state index is -0.274. The van der Waals surface area contributed by atoms with E-state index < -0.39 is 0 Å². The molecule has 3 aromatic carbocycles. The number of amides is 2. The summed E-state index contributed by atoms with van der Waals surface area (Å²) >= 11 is 0. The number of carbonyl (C=O) groups excluding carboxylic acids is 2. The fourth-order valence-corrected chi connectivity index (χ4v) is 3.09. The van der Waals surface area contributed by atoms with Crippen LogP contribution in [0.2, 0.25) is 0 Å². The second-order valence-corrected chi connectivity index (χ2v) is 6.95. The Balaban J connectivity index is 1.53. The Morgan fingerprint density at radius 2 is 1.67 bits per heavy atom. The first-order chi connectivity index (χ1) is 14.5. The summed E-state index contributed by atoms with van der Waals surface area (Å²) in [4.78, 5) is 29.6. The maximum Gasteiger partial charge on any atom is 0.255 e. The largest absolute Gasteiger partial charge is 0.441 e. The Labute approximate surface area is 173 Å². The van der Waals surface area contributed by atoms with Crippen molar-refractivity contribution >= 4 is 34.3 Å². The quantitative estimate of drug-likeness (QED) is 0.483. The van der Waals surface area contributed by atoms with Gasteiger partial charge in [0.1, 0.15) is 5.52 Å². The summed E-state index contributed by atoms with van der Waals surface area (Å²) in [5.41, 5.74) is 4.47. The molecule has 0 fully saturated rings. The lowest BCUT2D eigenvalue weighted by atomic mass is 10.1. The summed E-state index contributed by atoms with van der Waals surface area (Å²) in [6.07, 6.45) is 0.706. The highest BCUT2D eigenvalue weighted by atomic mass is 16.3. The molecule has 0 unspecified atom stereocenters. The average Bonchev–Trinajstić information content (AvgIpc) is 3.18. The van der Waals surface area contributed by atoms with Crippen molar-refractivity contribution in [1.29, 1.82) is 0 Å². The van der Waals surface area contributed by atoms with Crippen LogP contribution in [0, 0.1) is 6.92 Å². The van der Waals surface area contributed by atoms with E-state index in [1.807, 2.05) is 26.0 Å². The highest BCUT2D eigenvalue weighted by Gasteiger charge is 2.13. The van der Waals surface area contributed by atoms with E-state index in [1.165, 1.54) is 0 Å². The van der Waals surface area contributed by atoms with Crippen molar-refractivity contribution in [3.8, 4) is 0 Å². The molecule has 4 rings (SSSR count). The first-order valence-electron chi connectivity index (χ1n) is 9.71. The minimum absolute atomic E-state index is 0.223. The molecule has 0 aliphatic carbocycles. The van der Waals surface area contributed by atoms with Gasteiger partial charge >= 0.3 is 0 Å². The number of fused-ring (bicyclic) bond motifs is 1. The van der Waals surface area contributed by atoms with Crippen LogP contribution >= 0.6 is 0 Å². The Kier molecular flexibility index (Phi) is 5.30. The summed E-state index contributed by atoms with van der Waals surface area (Å²) in [5, 5.41) is 5.75. The van der Waals surface area contributed by atoms with Gasteiger partial charge in [-0.15, -0.1) is 0 Å². The molecule has 0 aliphatic heterocycles. The third kappa shape index (κ3) is 4.07. The SMILES string of the molecule is CCc1nc2cc(NC(=O)c3ccc(C)c(NC(=O)c4ccccc4)c3)ccc2o1. The number of oxazole rings is 1. The lowest BCUT2D eigenvalue weighted by molar-refractivity contribution is 0.101. The highest BCUT2D eigenvalue weighted by Crippen LogP contribution is 2.22. The summed E-state index contributed by atoms with van der Waals surface area (Å²) in [6.45, 7) is 3.85. The van der Waals surface area contributed by atoms with Gasteiger partial charge in [0, 0.05) is 28.9 Å². The Bertz CT molecular complexity index is 1230. The first kappa shape index (κ1) is 19.4. The number of anilines is 2. The zero-order valence-electron chi connectivity index (χ0n) is 16.7. The van der Waals surface area contributed by atoms with Crippen LogP contribution in [0.1, 0.15) is 39.1 Å². The first-order valence-corrected chi connectivity index (χ1v) is 9.71. The number of nitrogens with zero attached hydrogens (tertiary/aromatic N) is 1. The molecule has 1 aromatic heterocycles. The van der Waals surface area contributed by atoms with Gasteiger partial charge in [0.05, 0.1) is 0 Å². The number of rotatable bonds is 5. The number of hydrogen-bond donors (Lipinski definition) is 2. The molecule has 6 heteroatoms. The molecule has 2 amide bonds. The number of aryl methyl sites for hydroxylation is 2. The van der Waals surface area contributed by atoms with E-state index in [1.54, 1.807) is 54.6 Å². The second-order valence-electron chi connectivity index (χ2n) is 6.95. The molecule has 0 atom stereocenters. The molecular weight excluding hydrogens is 378 g/mol. The molecule has 0 saturated heterocycles. The van der Waals surface area contributed by atoms with Crippen molar-refractivity contribution in [2.45, 2.75) is 20.3 Å². The Morgan fingerprint density at radius 3 is 2.43 bits per heavy atom. The number of benzene rings is 3. The maximum absolute atomic E-state index is 12.8. The highest BCUT2D eigenvalue weighted by molar-refractivity contribution is 6.08. The Morgan fingerprint density at radius 1 is 0.900 bits per heavy atom. The van der Waals surface area contributed by atoms with Gasteiger partial charge < -0.3 is 15.1 Å². The number of nitrogens with one attached hydrogen (secondary N) is 2. The van der Waals surface area contributed by atoms with Gasteiger partial charge in [0.25, 0.3) is 11.8 Å². The van der Waals surface area contributed by atoms with Crippen LogP contribution in [0.5, 0.6) is 0 Å². The zero-order valence-corrected chi connectivity index (χ0v) is 16.7. The van der Waals surface area contributed by atoms with E-state index in [-0.39, 0.29) is 11.8 Å². The molecule has 0 bridgehead atoms. The second kappa shape index (κ2) is 8.21. The predicted molar refractivity (Wildman–Crippen MR) is 117 cm³/mol. The van der Waals surface area contributed by atoms with Gasteiger partial charge in [-0.25, -0.2) is 4.98 Å². The molecule has 150 valence electrons. The van der Waals surface area contributed by atoms with E-state index in [0.717, 1.165) is 5.56 Å². The van der Waals surface area contributed by atoms with Gasteiger partial charge in [-0.2, -0.15) is 0 Å². The van der Waals surface area contributed by atoms with E-state index in [4.69, 9.17) is 4.42 Å². The van der Waals surface area contributed by atoms with Crippen LogP contribution in [0.15, 0.2) is 71.1 Å². The predicted octanol–water partition coefficient (Wildman–Crippen LogP) is 5.20. The molecule has 4 aromatic rings. The molecule has 2 N–H and O–H groups in total. The van der Waals surface area contributed by atoms with Crippen molar-refractivity contribution in [3.05, 3.63) is 89.3 Å². The van der Waals surface area contributed by atoms with Crippen molar-refractivity contribution < 1.29 is 14.0 Å². The zero-order chi connectivity index (χ0) is 21.1. The van der Waals surface area contributed by atoms with E-state index in [2.05, 4.69) is 15.6 Å². The average molecular weight is 399 g/mol. The van der Waals surface area contributed by atoms with Gasteiger partial charge in [0.15, 0.2) is 11.5 Å². The van der Waals surface area contributed by atoms with E-state index in [9.17, 15) is 9.59 Å². The van der Waals surface area contributed by atoms with Crippen LogP contribution < -0.4 is 10.6 Å². The number of aromatic nitrogens is 1. The minimum Gasteiger partial charge on any atom is -0.441 e. The molecular formula is C24H21N3O3. The fourth-order valence-electron chi connectivity index (χ4n) is 3.09. The monoisotopic (exact) mass is 399 g/mol. The van der Waals surface area contributed by atoms with Gasteiger partial charge in [-0.3, -0.25) is 9.59 Å². The third-order valence-corrected chi connectivity index (χ3v) is 4.78. The lowest BCUT2D eigenvalue weighted by Gasteiger charge is -2.11. The van der Waals surface area contributed by atoms with Gasteiger partial charge in [-0.1, -0.05) is 31.2 Å². The molecule has 0 radical (unpaired) electrons. The third-order valence-electron chi connectivity index (χ3n) is 4.78. The van der Waals surface area contributed by atoms with Crippen molar-refractivity contribution in [2.75, 3.05) is 10.6 Å². The van der Waals surface area contributed by atoms with Crippen molar-refractivity contribution in [2.24, 2.45) is 0 Å². The topological polar surface area (TPSA) is 84.2 Å². The molecule has 0 aliphatic rings. The smallest absolute Gasteiger partial charge is 0.255 e. The fraction of sp³-hybridized carbons (Fsp3) is 0.125. The normalized spacial score (nSPS) is 10.7. The number of carbonyl (C=O) groups is 2. The van der Waals surface area contributed by atoms with Crippen LogP contribution in [0.4, 0.5) is 11.4 Å².